The SMILES string of the molecule is COCC(N)C(=O)N(CCc1ccc(OC)c(OC)c1)Cc1ccsc1.Cl. The molecule has 2 rings (SSSR count). The Bertz CT molecular complexity index is 697. The largest absolute Gasteiger partial charge is 0.493 e. The fourth-order valence-electron chi connectivity index (χ4n) is 2.66. The molecule has 6 nitrogen and oxygen atoms in total. The molecule has 0 aliphatic rings. The third kappa shape index (κ3) is 6.70. The summed E-state index contributed by atoms with van der Waals surface area (Å²) in [6.07, 6.45) is 0.690. The monoisotopic (exact) mass is 414 g/mol. The average molecular weight is 415 g/mol. The van der Waals surface area contributed by atoms with Gasteiger partial charge in [-0.1, -0.05) is 6.07 Å². The third-order valence-electron chi connectivity index (χ3n) is 4.05. The van der Waals surface area contributed by atoms with Gasteiger partial charge in [0, 0.05) is 20.2 Å². The third-order valence-corrected chi connectivity index (χ3v) is 4.78. The minimum Gasteiger partial charge on any atom is -0.493 e. The molecule has 0 saturated heterocycles. The molecule has 0 fully saturated rings. The fraction of sp³-hybridized carbons (Fsp3) is 0.421. The van der Waals surface area contributed by atoms with Crippen molar-refractivity contribution in [3.63, 3.8) is 0 Å². The van der Waals surface area contributed by atoms with Crippen molar-refractivity contribution < 1.29 is 19.0 Å². The molecule has 2 N–H and O–H groups in total. The molecule has 8 heteroatoms. The highest BCUT2D eigenvalue weighted by atomic mass is 35.5. The summed E-state index contributed by atoms with van der Waals surface area (Å²) < 4.78 is 15.6. The van der Waals surface area contributed by atoms with Crippen molar-refractivity contribution in [3.8, 4) is 11.5 Å². The minimum absolute atomic E-state index is 0. The number of rotatable bonds is 10. The average Bonchev–Trinajstić information content (AvgIpc) is 3.17. The number of nitrogens with two attached hydrogens (primary N) is 1. The highest BCUT2D eigenvalue weighted by molar-refractivity contribution is 7.07. The summed E-state index contributed by atoms with van der Waals surface area (Å²) in [6.45, 7) is 1.30. The van der Waals surface area contributed by atoms with Gasteiger partial charge in [-0.15, -0.1) is 12.4 Å². The quantitative estimate of drug-likeness (QED) is 0.647. The van der Waals surface area contributed by atoms with E-state index in [9.17, 15) is 4.79 Å². The van der Waals surface area contributed by atoms with Crippen LogP contribution >= 0.6 is 23.7 Å². The van der Waals surface area contributed by atoms with Crippen LogP contribution in [0.3, 0.4) is 0 Å². The first kappa shape index (κ1) is 23.2. The first-order valence-corrected chi connectivity index (χ1v) is 9.28. The summed E-state index contributed by atoms with van der Waals surface area (Å²) in [6, 6.07) is 7.13. The number of nitrogens with zero attached hydrogens (tertiary/aromatic N) is 1. The predicted octanol–water partition coefficient (Wildman–Crippen LogP) is 2.73. The lowest BCUT2D eigenvalue weighted by Crippen LogP contribution is -2.46. The van der Waals surface area contributed by atoms with E-state index in [-0.39, 0.29) is 24.9 Å². The van der Waals surface area contributed by atoms with Gasteiger partial charge in [-0.05, 0) is 46.5 Å². The van der Waals surface area contributed by atoms with Crippen LogP contribution in [0.15, 0.2) is 35.0 Å². The van der Waals surface area contributed by atoms with Gasteiger partial charge in [0.15, 0.2) is 11.5 Å². The van der Waals surface area contributed by atoms with E-state index in [2.05, 4.69) is 0 Å². The zero-order valence-corrected chi connectivity index (χ0v) is 17.5. The lowest BCUT2D eigenvalue weighted by molar-refractivity contribution is -0.134. The van der Waals surface area contributed by atoms with Gasteiger partial charge < -0.3 is 24.8 Å². The second kappa shape index (κ2) is 11.8. The van der Waals surface area contributed by atoms with Crippen LogP contribution in [0.4, 0.5) is 0 Å². The van der Waals surface area contributed by atoms with Crippen LogP contribution in [0.1, 0.15) is 11.1 Å². The first-order chi connectivity index (χ1) is 12.6. The van der Waals surface area contributed by atoms with Crippen LogP contribution < -0.4 is 15.2 Å². The van der Waals surface area contributed by atoms with Gasteiger partial charge in [0.05, 0.1) is 20.8 Å². The van der Waals surface area contributed by atoms with Crippen molar-refractivity contribution in [1.29, 1.82) is 0 Å². The number of ether oxygens (including phenoxy) is 3. The van der Waals surface area contributed by atoms with Crippen molar-refractivity contribution in [3.05, 3.63) is 46.2 Å². The van der Waals surface area contributed by atoms with Crippen LogP contribution in [0.25, 0.3) is 0 Å². The van der Waals surface area contributed by atoms with Crippen LogP contribution in [-0.4, -0.2) is 51.3 Å². The molecule has 1 heterocycles. The van der Waals surface area contributed by atoms with E-state index >= 15 is 0 Å². The standard InChI is InChI=1S/C19H26N2O4S.ClH/c1-23-12-16(20)19(22)21(11-15-7-9-26-13-15)8-6-14-4-5-17(24-2)18(10-14)25-3;/h4-5,7,9-10,13,16H,6,8,11-12,20H2,1-3H3;1H. The molecule has 1 amide bonds. The molecule has 0 radical (unpaired) electrons. The van der Waals surface area contributed by atoms with E-state index in [1.54, 1.807) is 37.6 Å². The molecule has 0 saturated carbocycles. The van der Waals surface area contributed by atoms with Crippen molar-refractivity contribution in [2.45, 2.75) is 19.0 Å². The summed E-state index contributed by atoms with van der Waals surface area (Å²) in [4.78, 5) is 14.5. The summed E-state index contributed by atoms with van der Waals surface area (Å²) in [7, 11) is 4.76. The number of carbonyl (C=O) groups is 1. The van der Waals surface area contributed by atoms with Crippen LogP contribution in [0.5, 0.6) is 11.5 Å². The van der Waals surface area contributed by atoms with E-state index in [0.717, 1.165) is 11.1 Å². The van der Waals surface area contributed by atoms with Crippen molar-refractivity contribution >= 4 is 29.7 Å². The van der Waals surface area contributed by atoms with E-state index in [1.807, 2.05) is 35.0 Å². The molecule has 0 bridgehead atoms. The molecule has 1 aromatic heterocycles. The summed E-state index contributed by atoms with van der Waals surface area (Å²) in [5.74, 6) is 1.25. The van der Waals surface area contributed by atoms with Crippen LogP contribution in [-0.2, 0) is 22.5 Å². The normalized spacial score (nSPS) is 11.4. The highest BCUT2D eigenvalue weighted by Gasteiger charge is 2.21. The summed E-state index contributed by atoms with van der Waals surface area (Å²) in [5, 5.41) is 4.04. The fourth-order valence-corrected chi connectivity index (χ4v) is 3.32. The van der Waals surface area contributed by atoms with E-state index in [4.69, 9.17) is 19.9 Å². The maximum Gasteiger partial charge on any atom is 0.242 e. The molecule has 0 aliphatic carbocycles. The molecule has 0 aliphatic heterocycles. The lowest BCUT2D eigenvalue weighted by atomic mass is 10.1. The van der Waals surface area contributed by atoms with Gasteiger partial charge in [0.2, 0.25) is 5.91 Å². The molecule has 150 valence electrons. The lowest BCUT2D eigenvalue weighted by Gasteiger charge is -2.25. The topological polar surface area (TPSA) is 74.0 Å². The van der Waals surface area contributed by atoms with Crippen LogP contribution in [0, 0.1) is 0 Å². The van der Waals surface area contributed by atoms with E-state index < -0.39 is 6.04 Å². The van der Waals surface area contributed by atoms with Gasteiger partial charge in [-0.3, -0.25) is 4.79 Å². The molecule has 1 atom stereocenters. The number of hydrogen-bond donors (Lipinski definition) is 1. The smallest absolute Gasteiger partial charge is 0.242 e. The summed E-state index contributed by atoms with van der Waals surface area (Å²) in [5.41, 5.74) is 8.12. The number of benzene rings is 1. The Morgan fingerprint density at radius 3 is 2.48 bits per heavy atom. The zero-order valence-electron chi connectivity index (χ0n) is 15.8. The second-order valence-electron chi connectivity index (χ2n) is 5.89. The number of carbonyl (C=O) groups excluding carboxylic acids is 1. The maximum absolute atomic E-state index is 12.7. The predicted molar refractivity (Wildman–Crippen MR) is 110 cm³/mol. The molecule has 27 heavy (non-hydrogen) atoms. The van der Waals surface area contributed by atoms with Crippen LogP contribution in [0.2, 0.25) is 0 Å². The Hall–Kier alpha value is -1.80. The molecular formula is C19H27ClN2O4S. The second-order valence-corrected chi connectivity index (χ2v) is 6.67. The molecule has 1 unspecified atom stereocenters. The zero-order chi connectivity index (χ0) is 18.9. The Labute approximate surface area is 170 Å². The number of amides is 1. The molecule has 1 aromatic carbocycles. The molecule has 0 spiro atoms. The van der Waals surface area contributed by atoms with Gasteiger partial charge >= 0.3 is 0 Å². The molecule has 2 aromatic rings. The highest BCUT2D eigenvalue weighted by Crippen LogP contribution is 2.27. The van der Waals surface area contributed by atoms with Gasteiger partial charge in [0.1, 0.15) is 6.04 Å². The molecular weight excluding hydrogens is 388 g/mol. The van der Waals surface area contributed by atoms with Crippen molar-refractivity contribution in [2.24, 2.45) is 5.73 Å². The number of hydrogen-bond acceptors (Lipinski definition) is 6. The maximum atomic E-state index is 12.7. The Kier molecular flexibility index (Phi) is 10.2. The number of halogens is 1. The van der Waals surface area contributed by atoms with Crippen molar-refractivity contribution in [1.82, 2.24) is 4.90 Å². The Morgan fingerprint density at radius 2 is 1.89 bits per heavy atom. The van der Waals surface area contributed by atoms with E-state index in [1.165, 1.54) is 0 Å². The van der Waals surface area contributed by atoms with E-state index in [0.29, 0.717) is 31.0 Å². The summed E-state index contributed by atoms with van der Waals surface area (Å²) >= 11 is 1.61. The van der Waals surface area contributed by atoms with Gasteiger partial charge in [-0.2, -0.15) is 11.3 Å². The van der Waals surface area contributed by atoms with Gasteiger partial charge in [0.25, 0.3) is 0 Å². The Balaban J connectivity index is 0.00000364. The van der Waals surface area contributed by atoms with Crippen molar-refractivity contribution in [2.75, 3.05) is 34.5 Å². The van der Waals surface area contributed by atoms with Gasteiger partial charge in [-0.25, -0.2) is 0 Å². The number of methoxy groups -OCH3 is 3. The number of thiophene rings is 1. The Morgan fingerprint density at radius 1 is 1.15 bits per heavy atom. The minimum atomic E-state index is -0.663. The first-order valence-electron chi connectivity index (χ1n) is 8.34.